The van der Waals surface area contributed by atoms with Gasteiger partial charge in [-0.3, -0.25) is 0 Å². The van der Waals surface area contributed by atoms with Crippen LogP contribution in [-0.4, -0.2) is 29.5 Å². The summed E-state index contributed by atoms with van der Waals surface area (Å²) in [5, 5.41) is 5.65. The van der Waals surface area contributed by atoms with Crippen molar-refractivity contribution in [3.63, 3.8) is 0 Å². The van der Waals surface area contributed by atoms with Gasteiger partial charge in [0.15, 0.2) is 0 Å². The van der Waals surface area contributed by atoms with Gasteiger partial charge in [0.25, 0.3) is 0 Å². The molecule has 0 amide bonds. The molecule has 0 atom stereocenters. The number of hydrogen-bond acceptors (Lipinski definition) is 4. The molecule has 0 unspecified atom stereocenters. The minimum atomic E-state index is 0.912. The number of aryl methyl sites for hydroxylation is 1. The van der Waals surface area contributed by atoms with Crippen molar-refractivity contribution in [2.24, 2.45) is 0 Å². The maximum atomic E-state index is 5.60. The summed E-state index contributed by atoms with van der Waals surface area (Å²) in [5.41, 5.74) is 3.85. The molecule has 4 nitrogen and oxygen atoms in total. The van der Waals surface area contributed by atoms with Crippen molar-refractivity contribution in [3.05, 3.63) is 17.3 Å². The van der Waals surface area contributed by atoms with E-state index < -0.39 is 0 Å². The summed E-state index contributed by atoms with van der Waals surface area (Å²) < 4.78 is 7.94. The standard InChI is InChI=1S/C14H19N3OS/c1-4-17-10-5-6-15-8-9(10)13-11(18-2)7-12(19-3)16-14(13)17/h7,15H,4-6,8H2,1-3H3. The second kappa shape index (κ2) is 5.06. The van der Waals surface area contributed by atoms with Crippen LogP contribution in [0.15, 0.2) is 11.1 Å². The average Bonchev–Trinajstić information content (AvgIpc) is 2.79. The zero-order valence-corrected chi connectivity index (χ0v) is 12.4. The smallest absolute Gasteiger partial charge is 0.145 e. The van der Waals surface area contributed by atoms with Crippen molar-refractivity contribution in [2.75, 3.05) is 19.9 Å². The first-order valence-corrected chi connectivity index (χ1v) is 7.86. The Kier molecular flexibility index (Phi) is 3.41. The van der Waals surface area contributed by atoms with Crippen LogP contribution in [0, 0.1) is 0 Å². The Hall–Kier alpha value is -1.20. The summed E-state index contributed by atoms with van der Waals surface area (Å²) in [4.78, 5) is 4.80. The van der Waals surface area contributed by atoms with E-state index in [4.69, 9.17) is 9.72 Å². The number of nitrogens with zero attached hydrogens (tertiary/aromatic N) is 2. The molecule has 0 spiro atoms. The number of nitrogens with one attached hydrogen (secondary N) is 1. The third-order valence-corrected chi connectivity index (χ3v) is 4.39. The van der Waals surface area contributed by atoms with E-state index >= 15 is 0 Å². The molecule has 0 saturated heterocycles. The largest absolute Gasteiger partial charge is 0.496 e. The number of thioether (sulfide) groups is 1. The third kappa shape index (κ3) is 1.92. The molecule has 1 aliphatic heterocycles. The second-order valence-electron chi connectivity index (χ2n) is 4.66. The molecule has 19 heavy (non-hydrogen) atoms. The van der Waals surface area contributed by atoms with Crippen LogP contribution in [0.5, 0.6) is 5.75 Å². The van der Waals surface area contributed by atoms with Gasteiger partial charge in [0.2, 0.25) is 0 Å². The van der Waals surface area contributed by atoms with Gasteiger partial charge < -0.3 is 14.6 Å². The molecular formula is C14H19N3OS. The number of pyridine rings is 1. The van der Waals surface area contributed by atoms with Crippen molar-refractivity contribution in [3.8, 4) is 5.75 Å². The summed E-state index contributed by atoms with van der Waals surface area (Å²) in [6.45, 7) is 5.10. The number of methoxy groups -OCH3 is 1. The number of ether oxygens (including phenoxy) is 1. The van der Waals surface area contributed by atoms with Crippen LogP contribution < -0.4 is 10.1 Å². The van der Waals surface area contributed by atoms with Gasteiger partial charge in [0.1, 0.15) is 16.4 Å². The lowest BCUT2D eigenvalue weighted by atomic mass is 10.1. The number of aromatic nitrogens is 2. The van der Waals surface area contributed by atoms with E-state index in [0.717, 1.165) is 42.5 Å². The van der Waals surface area contributed by atoms with E-state index in [-0.39, 0.29) is 0 Å². The number of hydrogen-bond donors (Lipinski definition) is 1. The average molecular weight is 277 g/mol. The molecule has 3 rings (SSSR count). The van der Waals surface area contributed by atoms with E-state index in [1.807, 2.05) is 12.3 Å². The Bertz CT molecular complexity index is 621. The van der Waals surface area contributed by atoms with Gasteiger partial charge in [-0.05, 0) is 13.2 Å². The molecule has 3 heterocycles. The highest BCUT2D eigenvalue weighted by Crippen LogP contribution is 2.36. The zero-order chi connectivity index (χ0) is 13.4. The quantitative estimate of drug-likeness (QED) is 0.875. The van der Waals surface area contributed by atoms with Gasteiger partial charge in [-0.25, -0.2) is 4.98 Å². The Morgan fingerprint density at radius 2 is 2.37 bits per heavy atom. The Labute approximate surface area is 117 Å². The fraction of sp³-hybridized carbons (Fsp3) is 0.500. The van der Waals surface area contributed by atoms with Crippen molar-refractivity contribution in [1.82, 2.24) is 14.9 Å². The monoisotopic (exact) mass is 277 g/mol. The minimum absolute atomic E-state index is 0.912. The van der Waals surface area contributed by atoms with Gasteiger partial charge in [0, 0.05) is 43.4 Å². The molecule has 0 aliphatic carbocycles. The molecule has 1 aliphatic rings. The molecular weight excluding hydrogens is 258 g/mol. The van der Waals surface area contributed by atoms with E-state index in [1.54, 1.807) is 18.9 Å². The molecule has 2 aromatic heterocycles. The van der Waals surface area contributed by atoms with Gasteiger partial charge in [-0.15, -0.1) is 11.8 Å². The van der Waals surface area contributed by atoms with Gasteiger partial charge >= 0.3 is 0 Å². The Morgan fingerprint density at radius 1 is 1.53 bits per heavy atom. The molecule has 1 N–H and O–H groups in total. The van der Waals surface area contributed by atoms with Crippen LogP contribution in [-0.2, 0) is 19.5 Å². The summed E-state index contributed by atoms with van der Waals surface area (Å²) in [5.74, 6) is 0.946. The highest BCUT2D eigenvalue weighted by atomic mass is 32.2. The number of rotatable bonds is 3. The van der Waals surface area contributed by atoms with Crippen LogP contribution in [0.4, 0.5) is 0 Å². The summed E-state index contributed by atoms with van der Waals surface area (Å²) in [6, 6.07) is 2.04. The van der Waals surface area contributed by atoms with Gasteiger partial charge in [-0.2, -0.15) is 0 Å². The lowest BCUT2D eigenvalue weighted by Crippen LogP contribution is -2.24. The topological polar surface area (TPSA) is 39.1 Å². The Morgan fingerprint density at radius 3 is 3.05 bits per heavy atom. The third-order valence-electron chi connectivity index (χ3n) is 3.76. The molecule has 2 aromatic rings. The fourth-order valence-electron chi connectivity index (χ4n) is 2.90. The van der Waals surface area contributed by atoms with E-state index in [1.165, 1.54) is 16.6 Å². The normalized spacial score (nSPS) is 14.7. The first-order valence-electron chi connectivity index (χ1n) is 6.63. The highest BCUT2D eigenvalue weighted by molar-refractivity contribution is 7.98. The van der Waals surface area contributed by atoms with E-state index in [9.17, 15) is 0 Å². The molecule has 0 aromatic carbocycles. The van der Waals surface area contributed by atoms with Crippen molar-refractivity contribution in [2.45, 2.75) is 31.5 Å². The Balaban J connectivity index is 2.38. The van der Waals surface area contributed by atoms with Crippen LogP contribution in [0.1, 0.15) is 18.2 Å². The maximum Gasteiger partial charge on any atom is 0.145 e. The summed E-state index contributed by atoms with van der Waals surface area (Å²) in [6.07, 6.45) is 3.12. The minimum Gasteiger partial charge on any atom is -0.496 e. The summed E-state index contributed by atoms with van der Waals surface area (Å²) >= 11 is 1.66. The molecule has 102 valence electrons. The number of fused-ring (bicyclic) bond motifs is 3. The van der Waals surface area contributed by atoms with Crippen LogP contribution in [0.25, 0.3) is 11.0 Å². The van der Waals surface area contributed by atoms with Crippen molar-refractivity contribution >= 4 is 22.8 Å². The lowest BCUT2D eigenvalue weighted by Gasteiger charge is -2.15. The molecule has 0 bridgehead atoms. The van der Waals surface area contributed by atoms with Crippen LogP contribution in [0.3, 0.4) is 0 Å². The van der Waals surface area contributed by atoms with Crippen molar-refractivity contribution < 1.29 is 4.74 Å². The first kappa shape index (κ1) is 12.8. The molecule has 0 saturated carbocycles. The van der Waals surface area contributed by atoms with E-state index in [0.29, 0.717) is 0 Å². The van der Waals surface area contributed by atoms with Gasteiger partial charge in [-0.1, -0.05) is 0 Å². The lowest BCUT2D eigenvalue weighted by molar-refractivity contribution is 0.417. The molecule has 5 heteroatoms. The molecule has 0 fully saturated rings. The van der Waals surface area contributed by atoms with Crippen LogP contribution >= 0.6 is 11.8 Å². The maximum absolute atomic E-state index is 5.60. The van der Waals surface area contributed by atoms with Crippen LogP contribution in [0.2, 0.25) is 0 Å². The predicted octanol–water partition coefficient (Wildman–Crippen LogP) is 2.43. The SMILES string of the molecule is CCn1c2c(c3c(OC)cc(SC)nc31)CNCC2. The molecule has 0 radical (unpaired) electrons. The van der Waals surface area contributed by atoms with Gasteiger partial charge in [0.05, 0.1) is 12.5 Å². The second-order valence-corrected chi connectivity index (χ2v) is 5.49. The predicted molar refractivity (Wildman–Crippen MR) is 79.2 cm³/mol. The van der Waals surface area contributed by atoms with Crippen molar-refractivity contribution in [1.29, 1.82) is 0 Å². The highest BCUT2D eigenvalue weighted by Gasteiger charge is 2.23. The van der Waals surface area contributed by atoms with E-state index in [2.05, 4.69) is 16.8 Å². The first-order chi connectivity index (χ1) is 9.30. The fourth-order valence-corrected chi connectivity index (χ4v) is 3.31. The zero-order valence-electron chi connectivity index (χ0n) is 11.6. The summed E-state index contributed by atoms with van der Waals surface area (Å²) in [7, 11) is 1.74.